The molecule has 0 atom stereocenters. The third kappa shape index (κ3) is 3.87. The number of alkyl halides is 3. The average Bonchev–Trinajstić information content (AvgIpc) is 2.39. The maximum atomic E-state index is 13.2. The van der Waals surface area contributed by atoms with Crippen LogP contribution >= 0.6 is 15.9 Å². The first kappa shape index (κ1) is 18.2. The van der Waals surface area contributed by atoms with E-state index in [0.29, 0.717) is 11.0 Å². The van der Waals surface area contributed by atoms with Crippen molar-refractivity contribution in [3.8, 4) is 0 Å². The van der Waals surface area contributed by atoms with Crippen LogP contribution in [-0.2, 0) is 10.9 Å². The SMILES string of the molecule is CCOC(=O)N(CC)c1c([N+](=O)[O-])cc(Br)cc1C(F)(F)F. The van der Waals surface area contributed by atoms with E-state index in [2.05, 4.69) is 20.7 Å². The van der Waals surface area contributed by atoms with E-state index in [1.807, 2.05) is 0 Å². The number of halogens is 4. The van der Waals surface area contributed by atoms with Crippen molar-refractivity contribution in [2.75, 3.05) is 18.1 Å². The summed E-state index contributed by atoms with van der Waals surface area (Å²) in [6.45, 7) is 2.58. The molecule has 22 heavy (non-hydrogen) atoms. The van der Waals surface area contributed by atoms with Gasteiger partial charge in [-0.15, -0.1) is 0 Å². The fourth-order valence-electron chi connectivity index (χ4n) is 1.80. The van der Waals surface area contributed by atoms with Crippen LogP contribution in [-0.4, -0.2) is 24.2 Å². The van der Waals surface area contributed by atoms with Crippen molar-refractivity contribution in [3.05, 3.63) is 32.3 Å². The zero-order valence-electron chi connectivity index (χ0n) is 11.6. The third-order valence-electron chi connectivity index (χ3n) is 2.63. The molecule has 0 aliphatic rings. The Kier molecular flexibility index (Phi) is 5.75. The van der Waals surface area contributed by atoms with E-state index in [-0.39, 0.29) is 17.6 Å². The van der Waals surface area contributed by atoms with Gasteiger partial charge in [-0.2, -0.15) is 13.2 Å². The number of benzene rings is 1. The molecule has 1 aromatic carbocycles. The molecule has 122 valence electrons. The minimum atomic E-state index is -4.87. The number of carbonyl (C=O) groups excluding carboxylic acids is 1. The molecule has 0 spiro atoms. The maximum Gasteiger partial charge on any atom is 0.418 e. The summed E-state index contributed by atoms with van der Waals surface area (Å²) in [5.74, 6) is 0. The first-order valence-corrected chi connectivity index (χ1v) is 6.92. The number of hydrogen-bond donors (Lipinski definition) is 0. The van der Waals surface area contributed by atoms with E-state index < -0.39 is 34.1 Å². The highest BCUT2D eigenvalue weighted by Crippen LogP contribution is 2.44. The Hall–Kier alpha value is -1.84. The lowest BCUT2D eigenvalue weighted by Gasteiger charge is -2.23. The number of nitro benzene ring substituents is 1. The molecular weight excluding hydrogens is 373 g/mol. The zero-order chi connectivity index (χ0) is 17.1. The van der Waals surface area contributed by atoms with E-state index in [9.17, 15) is 28.1 Å². The Morgan fingerprint density at radius 3 is 2.41 bits per heavy atom. The number of amides is 1. The second-order valence-electron chi connectivity index (χ2n) is 4.02. The normalized spacial score (nSPS) is 11.2. The smallest absolute Gasteiger partial charge is 0.418 e. The Morgan fingerprint density at radius 1 is 1.41 bits per heavy atom. The number of ether oxygens (including phenoxy) is 1. The number of rotatable bonds is 4. The largest absolute Gasteiger partial charge is 0.449 e. The summed E-state index contributed by atoms with van der Waals surface area (Å²) < 4.78 is 44.1. The molecule has 1 aromatic rings. The van der Waals surface area contributed by atoms with Gasteiger partial charge in [-0.1, -0.05) is 15.9 Å². The molecule has 0 N–H and O–H groups in total. The number of nitro groups is 1. The number of nitrogens with zero attached hydrogens (tertiary/aromatic N) is 2. The summed E-state index contributed by atoms with van der Waals surface area (Å²) >= 11 is 2.81. The van der Waals surface area contributed by atoms with Crippen LogP contribution in [0.4, 0.5) is 29.3 Å². The Bertz CT molecular complexity index is 592. The van der Waals surface area contributed by atoms with Gasteiger partial charge in [0, 0.05) is 17.1 Å². The Labute approximate surface area is 132 Å². The molecule has 0 aliphatic carbocycles. The van der Waals surface area contributed by atoms with Gasteiger partial charge < -0.3 is 4.74 Å². The number of hydrogen-bond acceptors (Lipinski definition) is 4. The maximum absolute atomic E-state index is 13.2. The van der Waals surface area contributed by atoms with Crippen molar-refractivity contribution < 1.29 is 27.6 Å². The van der Waals surface area contributed by atoms with E-state index in [0.717, 1.165) is 6.07 Å². The van der Waals surface area contributed by atoms with Gasteiger partial charge in [0.2, 0.25) is 0 Å². The highest BCUT2D eigenvalue weighted by atomic mass is 79.9. The minimum absolute atomic E-state index is 0.0684. The van der Waals surface area contributed by atoms with Crippen molar-refractivity contribution >= 4 is 33.4 Å². The van der Waals surface area contributed by atoms with E-state index in [1.165, 1.54) is 13.8 Å². The van der Waals surface area contributed by atoms with Gasteiger partial charge in [0.15, 0.2) is 0 Å². The lowest BCUT2D eigenvalue weighted by Crippen LogP contribution is -2.33. The molecule has 0 heterocycles. The lowest BCUT2D eigenvalue weighted by atomic mass is 10.1. The van der Waals surface area contributed by atoms with Crippen molar-refractivity contribution in [1.29, 1.82) is 0 Å². The summed E-state index contributed by atoms with van der Waals surface area (Å²) in [7, 11) is 0. The summed E-state index contributed by atoms with van der Waals surface area (Å²) in [5.41, 5.74) is -2.96. The van der Waals surface area contributed by atoms with E-state index >= 15 is 0 Å². The highest BCUT2D eigenvalue weighted by molar-refractivity contribution is 9.10. The van der Waals surface area contributed by atoms with Crippen molar-refractivity contribution in [1.82, 2.24) is 0 Å². The van der Waals surface area contributed by atoms with Gasteiger partial charge in [-0.05, 0) is 19.9 Å². The van der Waals surface area contributed by atoms with Gasteiger partial charge >= 0.3 is 12.3 Å². The van der Waals surface area contributed by atoms with Gasteiger partial charge in [-0.25, -0.2) is 4.79 Å². The van der Waals surface area contributed by atoms with Crippen LogP contribution in [0.3, 0.4) is 0 Å². The van der Waals surface area contributed by atoms with Gasteiger partial charge in [0.25, 0.3) is 5.69 Å². The molecule has 0 aliphatic heterocycles. The molecule has 0 saturated carbocycles. The summed E-state index contributed by atoms with van der Waals surface area (Å²) in [6, 6.07) is 1.59. The first-order chi connectivity index (χ1) is 10.1. The molecule has 0 saturated heterocycles. The molecule has 0 radical (unpaired) electrons. The Balaban J connectivity index is 3.66. The van der Waals surface area contributed by atoms with Gasteiger partial charge in [0.05, 0.1) is 17.1 Å². The minimum Gasteiger partial charge on any atom is -0.449 e. The predicted molar refractivity (Wildman–Crippen MR) is 75.8 cm³/mol. The third-order valence-corrected chi connectivity index (χ3v) is 3.09. The molecule has 1 amide bonds. The van der Waals surface area contributed by atoms with Crippen molar-refractivity contribution in [3.63, 3.8) is 0 Å². The number of carbonyl (C=O) groups is 1. The quantitative estimate of drug-likeness (QED) is 0.570. The molecule has 6 nitrogen and oxygen atoms in total. The summed E-state index contributed by atoms with van der Waals surface area (Å²) in [4.78, 5) is 22.5. The van der Waals surface area contributed by atoms with Crippen LogP contribution in [0.25, 0.3) is 0 Å². The monoisotopic (exact) mass is 384 g/mol. The van der Waals surface area contributed by atoms with Crippen LogP contribution in [0.5, 0.6) is 0 Å². The molecule has 0 unspecified atom stereocenters. The standard InChI is InChI=1S/C12H12BrF3N2O4/c1-3-17(11(19)22-4-2)10-8(12(14,15)16)5-7(13)6-9(10)18(20)21/h5-6H,3-4H2,1-2H3. The molecule has 10 heteroatoms. The molecular formula is C12H12BrF3N2O4. The highest BCUT2D eigenvalue weighted by Gasteiger charge is 2.41. The lowest BCUT2D eigenvalue weighted by molar-refractivity contribution is -0.384. The van der Waals surface area contributed by atoms with Gasteiger partial charge in [-0.3, -0.25) is 15.0 Å². The second kappa shape index (κ2) is 6.95. The summed E-state index contributed by atoms with van der Waals surface area (Å²) in [5, 5.41) is 11.1. The van der Waals surface area contributed by atoms with Crippen LogP contribution in [0.15, 0.2) is 16.6 Å². The van der Waals surface area contributed by atoms with Crippen LogP contribution in [0, 0.1) is 10.1 Å². The fraction of sp³-hybridized carbons (Fsp3) is 0.417. The van der Waals surface area contributed by atoms with E-state index in [4.69, 9.17) is 0 Å². The molecule has 0 bridgehead atoms. The molecule has 0 fully saturated rings. The van der Waals surface area contributed by atoms with Crippen molar-refractivity contribution in [2.24, 2.45) is 0 Å². The molecule has 1 rings (SSSR count). The van der Waals surface area contributed by atoms with Crippen LogP contribution < -0.4 is 4.90 Å². The van der Waals surface area contributed by atoms with Crippen LogP contribution in [0.2, 0.25) is 0 Å². The average molecular weight is 385 g/mol. The topological polar surface area (TPSA) is 72.7 Å². The second-order valence-corrected chi connectivity index (χ2v) is 4.93. The Morgan fingerprint density at radius 2 is 2.00 bits per heavy atom. The zero-order valence-corrected chi connectivity index (χ0v) is 13.2. The molecule has 0 aromatic heterocycles. The fourth-order valence-corrected chi connectivity index (χ4v) is 2.25. The predicted octanol–water partition coefficient (Wildman–Crippen LogP) is 4.36. The van der Waals surface area contributed by atoms with Crippen LogP contribution in [0.1, 0.15) is 19.4 Å². The van der Waals surface area contributed by atoms with Crippen molar-refractivity contribution in [2.45, 2.75) is 20.0 Å². The van der Waals surface area contributed by atoms with E-state index in [1.54, 1.807) is 0 Å². The number of anilines is 1. The summed E-state index contributed by atoms with van der Waals surface area (Å²) in [6.07, 6.45) is -5.95. The first-order valence-electron chi connectivity index (χ1n) is 6.12. The van der Waals surface area contributed by atoms with Gasteiger partial charge in [0.1, 0.15) is 5.69 Å².